The van der Waals surface area contributed by atoms with Crippen molar-refractivity contribution >= 4 is 12.0 Å². The Bertz CT molecular complexity index is 334. The second-order valence-electron chi connectivity index (χ2n) is 4.90. The van der Waals surface area contributed by atoms with Crippen LogP contribution in [0.25, 0.3) is 0 Å². The van der Waals surface area contributed by atoms with E-state index in [9.17, 15) is 9.59 Å². The van der Waals surface area contributed by atoms with Gasteiger partial charge in [-0.25, -0.2) is 4.79 Å². The number of hydrogen-bond acceptors (Lipinski definition) is 3. The first-order valence-corrected chi connectivity index (χ1v) is 6.02. The summed E-state index contributed by atoms with van der Waals surface area (Å²) in [7, 11) is 0. The number of carboxylic acids is 1. The molecule has 17 heavy (non-hydrogen) atoms. The average Bonchev–Trinajstić information content (AvgIpc) is 2.68. The minimum absolute atomic E-state index is 0.00496. The zero-order chi connectivity index (χ0) is 12.6. The summed E-state index contributed by atoms with van der Waals surface area (Å²) in [6, 6.07) is 0.207. The summed E-state index contributed by atoms with van der Waals surface area (Å²) in [5, 5.41) is 11.8. The third-order valence-electron chi connectivity index (χ3n) is 3.95. The van der Waals surface area contributed by atoms with Gasteiger partial charge in [-0.1, -0.05) is 6.92 Å². The van der Waals surface area contributed by atoms with Gasteiger partial charge in [0.2, 0.25) is 0 Å². The van der Waals surface area contributed by atoms with Gasteiger partial charge >= 0.3 is 12.0 Å². The standard InChI is InChI=1S/C11H19N3O3/c1-7(10(15)16)8(2)13-3-4-14-9(6-13)5-12-11(14)17/h7-9H,3-6H2,1-2H3,(H,12,17)(H,15,16). The summed E-state index contributed by atoms with van der Waals surface area (Å²) < 4.78 is 0. The quantitative estimate of drug-likeness (QED) is 0.718. The monoisotopic (exact) mass is 241 g/mol. The Labute approximate surface area is 101 Å². The van der Waals surface area contributed by atoms with E-state index in [1.807, 2.05) is 11.8 Å². The van der Waals surface area contributed by atoms with E-state index in [0.29, 0.717) is 13.1 Å². The molecule has 2 amide bonds. The molecule has 2 aliphatic rings. The van der Waals surface area contributed by atoms with Crippen molar-refractivity contribution in [3.63, 3.8) is 0 Å². The largest absolute Gasteiger partial charge is 0.481 e. The van der Waals surface area contributed by atoms with Crippen LogP contribution in [0.4, 0.5) is 4.79 Å². The molecule has 0 saturated carbocycles. The summed E-state index contributed by atoms with van der Waals surface area (Å²) in [6.45, 7) is 6.55. The second kappa shape index (κ2) is 4.52. The fourth-order valence-corrected chi connectivity index (χ4v) is 2.52. The summed E-state index contributed by atoms with van der Waals surface area (Å²) in [6.07, 6.45) is 0. The molecule has 6 heteroatoms. The Hall–Kier alpha value is -1.30. The molecule has 2 heterocycles. The van der Waals surface area contributed by atoms with E-state index in [4.69, 9.17) is 5.11 Å². The van der Waals surface area contributed by atoms with Crippen molar-refractivity contribution in [2.24, 2.45) is 5.92 Å². The SMILES string of the molecule is CC(C(=O)O)C(C)N1CCN2C(=O)NCC2C1. The topological polar surface area (TPSA) is 72.9 Å². The van der Waals surface area contributed by atoms with E-state index in [2.05, 4.69) is 10.2 Å². The summed E-state index contributed by atoms with van der Waals surface area (Å²) in [5.41, 5.74) is 0. The van der Waals surface area contributed by atoms with Crippen LogP contribution in [-0.2, 0) is 4.79 Å². The lowest BCUT2D eigenvalue weighted by molar-refractivity contribution is -0.143. The van der Waals surface area contributed by atoms with Gasteiger partial charge < -0.3 is 15.3 Å². The number of carbonyl (C=O) groups excluding carboxylic acids is 1. The molecule has 0 aliphatic carbocycles. The summed E-state index contributed by atoms with van der Waals surface area (Å²) >= 11 is 0. The molecular formula is C11H19N3O3. The van der Waals surface area contributed by atoms with Gasteiger partial charge in [-0.2, -0.15) is 0 Å². The van der Waals surface area contributed by atoms with Crippen molar-refractivity contribution in [3.8, 4) is 0 Å². The maximum Gasteiger partial charge on any atom is 0.317 e. The van der Waals surface area contributed by atoms with Gasteiger partial charge in [-0.3, -0.25) is 9.69 Å². The molecular weight excluding hydrogens is 222 g/mol. The van der Waals surface area contributed by atoms with Crippen LogP contribution in [-0.4, -0.2) is 65.2 Å². The predicted molar refractivity (Wildman–Crippen MR) is 61.7 cm³/mol. The number of carbonyl (C=O) groups is 2. The van der Waals surface area contributed by atoms with E-state index in [-0.39, 0.29) is 24.0 Å². The molecule has 96 valence electrons. The first kappa shape index (κ1) is 12.2. The third-order valence-corrected chi connectivity index (χ3v) is 3.95. The zero-order valence-corrected chi connectivity index (χ0v) is 10.2. The van der Waals surface area contributed by atoms with E-state index >= 15 is 0 Å². The van der Waals surface area contributed by atoms with Gasteiger partial charge in [0.25, 0.3) is 0 Å². The molecule has 6 nitrogen and oxygen atoms in total. The number of aliphatic carboxylic acids is 1. The first-order valence-electron chi connectivity index (χ1n) is 6.02. The number of nitrogens with one attached hydrogen (secondary N) is 1. The lowest BCUT2D eigenvalue weighted by Gasteiger charge is -2.40. The number of urea groups is 1. The molecule has 2 fully saturated rings. The van der Waals surface area contributed by atoms with Gasteiger partial charge in [0.05, 0.1) is 12.0 Å². The molecule has 0 bridgehead atoms. The van der Waals surface area contributed by atoms with Crippen LogP contribution < -0.4 is 5.32 Å². The molecule has 0 spiro atoms. The van der Waals surface area contributed by atoms with Crippen molar-refractivity contribution in [1.82, 2.24) is 15.1 Å². The smallest absolute Gasteiger partial charge is 0.317 e. The van der Waals surface area contributed by atoms with Crippen molar-refractivity contribution in [2.45, 2.75) is 25.9 Å². The zero-order valence-electron chi connectivity index (χ0n) is 10.2. The van der Waals surface area contributed by atoms with Crippen LogP contribution in [0.5, 0.6) is 0 Å². The van der Waals surface area contributed by atoms with Crippen LogP contribution in [0, 0.1) is 5.92 Å². The lowest BCUT2D eigenvalue weighted by Crippen LogP contribution is -2.56. The Morgan fingerprint density at radius 1 is 1.47 bits per heavy atom. The van der Waals surface area contributed by atoms with E-state index in [1.165, 1.54) is 0 Å². The molecule has 3 unspecified atom stereocenters. The van der Waals surface area contributed by atoms with Crippen LogP contribution >= 0.6 is 0 Å². The Balaban J connectivity index is 1.97. The molecule has 0 aromatic carbocycles. The number of rotatable bonds is 3. The van der Waals surface area contributed by atoms with Gasteiger partial charge in [0.1, 0.15) is 0 Å². The fraction of sp³-hybridized carbons (Fsp3) is 0.818. The number of amides is 2. The minimum atomic E-state index is -0.763. The minimum Gasteiger partial charge on any atom is -0.481 e. The average molecular weight is 241 g/mol. The van der Waals surface area contributed by atoms with Crippen molar-refractivity contribution in [3.05, 3.63) is 0 Å². The first-order chi connectivity index (χ1) is 8.00. The fourth-order valence-electron chi connectivity index (χ4n) is 2.52. The highest BCUT2D eigenvalue weighted by atomic mass is 16.4. The number of fused-ring (bicyclic) bond motifs is 1. The Morgan fingerprint density at radius 3 is 2.82 bits per heavy atom. The number of piperazine rings is 1. The van der Waals surface area contributed by atoms with Crippen LogP contribution in [0.2, 0.25) is 0 Å². The lowest BCUT2D eigenvalue weighted by atomic mass is 10.0. The highest BCUT2D eigenvalue weighted by molar-refractivity contribution is 5.77. The predicted octanol–water partition coefficient (Wildman–Crippen LogP) is -0.195. The molecule has 0 radical (unpaired) electrons. The van der Waals surface area contributed by atoms with E-state index in [1.54, 1.807) is 6.92 Å². The van der Waals surface area contributed by atoms with Crippen LogP contribution in [0.3, 0.4) is 0 Å². The van der Waals surface area contributed by atoms with Gasteiger partial charge in [-0.05, 0) is 6.92 Å². The maximum atomic E-state index is 11.4. The van der Waals surface area contributed by atoms with Gasteiger partial charge in [0.15, 0.2) is 0 Å². The van der Waals surface area contributed by atoms with Gasteiger partial charge in [-0.15, -0.1) is 0 Å². The molecule has 0 aromatic heterocycles. The number of carboxylic acid groups (broad SMARTS) is 1. The molecule has 2 N–H and O–H groups in total. The highest BCUT2D eigenvalue weighted by Crippen LogP contribution is 2.19. The van der Waals surface area contributed by atoms with Gasteiger partial charge in [0, 0.05) is 32.2 Å². The van der Waals surface area contributed by atoms with Crippen molar-refractivity contribution < 1.29 is 14.7 Å². The Kier molecular flexibility index (Phi) is 3.24. The normalized spacial score (nSPS) is 28.5. The van der Waals surface area contributed by atoms with Crippen molar-refractivity contribution in [2.75, 3.05) is 26.2 Å². The summed E-state index contributed by atoms with van der Waals surface area (Å²) in [4.78, 5) is 26.4. The van der Waals surface area contributed by atoms with Crippen LogP contribution in [0.1, 0.15) is 13.8 Å². The number of nitrogens with zero attached hydrogens (tertiary/aromatic N) is 2. The molecule has 2 saturated heterocycles. The molecule has 3 atom stereocenters. The molecule has 0 aromatic rings. The van der Waals surface area contributed by atoms with Crippen molar-refractivity contribution in [1.29, 1.82) is 0 Å². The molecule has 2 rings (SSSR count). The van der Waals surface area contributed by atoms with Crippen LogP contribution in [0.15, 0.2) is 0 Å². The van der Waals surface area contributed by atoms with E-state index in [0.717, 1.165) is 13.1 Å². The molecule has 2 aliphatic heterocycles. The third kappa shape index (κ3) is 2.22. The number of hydrogen-bond donors (Lipinski definition) is 2. The maximum absolute atomic E-state index is 11.4. The Morgan fingerprint density at radius 2 is 2.18 bits per heavy atom. The van der Waals surface area contributed by atoms with E-state index < -0.39 is 5.97 Å². The second-order valence-corrected chi connectivity index (χ2v) is 4.90. The summed E-state index contributed by atoms with van der Waals surface area (Å²) in [5.74, 6) is -1.15. The highest BCUT2D eigenvalue weighted by Gasteiger charge is 2.38.